The summed E-state index contributed by atoms with van der Waals surface area (Å²) in [6.45, 7) is 4.45. The van der Waals surface area contributed by atoms with E-state index in [1.165, 1.54) is 6.20 Å². The van der Waals surface area contributed by atoms with Crippen LogP contribution in [0.25, 0.3) is 0 Å². The Morgan fingerprint density at radius 3 is 2.85 bits per heavy atom. The zero-order valence-corrected chi connectivity index (χ0v) is 12.4. The minimum absolute atomic E-state index is 0.203. The first-order valence-corrected chi connectivity index (χ1v) is 8.37. The lowest BCUT2D eigenvalue weighted by molar-refractivity contribution is 0.0678. The van der Waals surface area contributed by atoms with Crippen LogP contribution in [0.2, 0.25) is 0 Å². The van der Waals surface area contributed by atoms with Crippen LogP contribution in [-0.2, 0) is 14.8 Å². The van der Waals surface area contributed by atoms with E-state index in [9.17, 15) is 8.42 Å². The molecule has 1 saturated heterocycles. The van der Waals surface area contributed by atoms with E-state index in [0.717, 1.165) is 12.8 Å². The molecule has 0 amide bonds. The van der Waals surface area contributed by atoms with E-state index in [2.05, 4.69) is 15.0 Å². The number of rotatable bonds is 6. The molecular formula is C13H21N3O3S. The minimum Gasteiger partial charge on any atom is -0.384 e. The molecule has 1 aliphatic rings. The van der Waals surface area contributed by atoms with Gasteiger partial charge in [0.25, 0.3) is 0 Å². The van der Waals surface area contributed by atoms with Gasteiger partial charge in [0.2, 0.25) is 10.0 Å². The highest BCUT2D eigenvalue weighted by Crippen LogP contribution is 2.20. The molecule has 2 N–H and O–H groups in total. The van der Waals surface area contributed by atoms with Gasteiger partial charge in [-0.25, -0.2) is 13.1 Å². The van der Waals surface area contributed by atoms with Gasteiger partial charge in [-0.2, -0.15) is 0 Å². The van der Waals surface area contributed by atoms with Gasteiger partial charge in [-0.3, -0.25) is 4.98 Å². The molecule has 112 valence electrons. The smallest absolute Gasteiger partial charge is 0.244 e. The van der Waals surface area contributed by atoms with Crippen LogP contribution in [0, 0.1) is 5.92 Å². The summed E-state index contributed by atoms with van der Waals surface area (Å²) >= 11 is 0. The third kappa shape index (κ3) is 3.91. The van der Waals surface area contributed by atoms with E-state index in [0.29, 0.717) is 37.9 Å². The lowest BCUT2D eigenvalue weighted by atomic mass is 10.0. The van der Waals surface area contributed by atoms with Crippen molar-refractivity contribution in [3.05, 3.63) is 18.5 Å². The summed E-state index contributed by atoms with van der Waals surface area (Å²) < 4.78 is 32.6. The van der Waals surface area contributed by atoms with E-state index in [-0.39, 0.29) is 4.90 Å². The minimum atomic E-state index is -3.53. The summed E-state index contributed by atoms with van der Waals surface area (Å²) in [5, 5.41) is 3.04. The van der Waals surface area contributed by atoms with Gasteiger partial charge in [-0.15, -0.1) is 0 Å². The molecule has 2 heterocycles. The van der Waals surface area contributed by atoms with Crippen LogP contribution >= 0.6 is 0 Å². The maximum atomic E-state index is 12.3. The molecule has 0 aromatic carbocycles. The third-order valence-corrected chi connectivity index (χ3v) is 4.80. The standard InChI is InChI=1S/C13H21N3O3S/c1-2-15-12-3-6-14-10-13(12)20(17,18)16-9-11-4-7-19-8-5-11/h3,6,10-11,16H,2,4-5,7-9H2,1H3,(H,14,15). The van der Waals surface area contributed by atoms with Crippen molar-refractivity contribution in [2.45, 2.75) is 24.7 Å². The second kappa shape index (κ2) is 7.01. The summed E-state index contributed by atoms with van der Waals surface area (Å²) in [6, 6.07) is 1.67. The highest BCUT2D eigenvalue weighted by Gasteiger charge is 2.21. The van der Waals surface area contributed by atoms with Crippen LogP contribution in [0.3, 0.4) is 0 Å². The Bertz CT molecular complexity index is 527. The van der Waals surface area contributed by atoms with Crippen LogP contribution in [-0.4, -0.2) is 39.7 Å². The average molecular weight is 299 g/mol. The van der Waals surface area contributed by atoms with Gasteiger partial charge >= 0.3 is 0 Å². The van der Waals surface area contributed by atoms with Crippen molar-refractivity contribution in [2.24, 2.45) is 5.92 Å². The topological polar surface area (TPSA) is 80.3 Å². The van der Waals surface area contributed by atoms with Crippen LogP contribution in [0.5, 0.6) is 0 Å². The van der Waals surface area contributed by atoms with E-state index >= 15 is 0 Å². The second-order valence-electron chi connectivity index (χ2n) is 4.81. The number of pyridine rings is 1. The Hall–Kier alpha value is -1.18. The maximum Gasteiger partial charge on any atom is 0.244 e. The van der Waals surface area contributed by atoms with Gasteiger partial charge < -0.3 is 10.1 Å². The molecule has 1 fully saturated rings. The maximum absolute atomic E-state index is 12.3. The fourth-order valence-corrected chi connectivity index (χ4v) is 3.43. The molecule has 20 heavy (non-hydrogen) atoms. The average Bonchev–Trinajstić information content (AvgIpc) is 2.47. The molecule has 1 aromatic rings. The number of ether oxygens (including phenoxy) is 1. The van der Waals surface area contributed by atoms with E-state index < -0.39 is 10.0 Å². The zero-order chi connectivity index (χ0) is 14.4. The predicted octanol–water partition coefficient (Wildman–Crippen LogP) is 1.22. The highest BCUT2D eigenvalue weighted by molar-refractivity contribution is 7.89. The SMILES string of the molecule is CCNc1ccncc1S(=O)(=O)NCC1CCOCC1. The van der Waals surface area contributed by atoms with Crippen molar-refractivity contribution in [1.29, 1.82) is 0 Å². The Morgan fingerprint density at radius 1 is 1.40 bits per heavy atom. The normalized spacial score (nSPS) is 17.1. The first-order chi connectivity index (χ1) is 9.63. The summed E-state index contributed by atoms with van der Waals surface area (Å²) in [6.07, 6.45) is 4.76. The lowest BCUT2D eigenvalue weighted by Gasteiger charge is -2.22. The molecule has 0 spiro atoms. The fraction of sp³-hybridized carbons (Fsp3) is 0.615. The Balaban J connectivity index is 2.05. The summed E-state index contributed by atoms with van der Waals surface area (Å²) in [7, 11) is -3.53. The molecule has 0 unspecified atom stereocenters. The molecule has 2 rings (SSSR count). The number of hydrogen-bond acceptors (Lipinski definition) is 5. The van der Waals surface area contributed by atoms with Gasteiger partial charge in [0.15, 0.2) is 0 Å². The van der Waals surface area contributed by atoms with Crippen molar-refractivity contribution in [3.63, 3.8) is 0 Å². The molecule has 1 aromatic heterocycles. The van der Waals surface area contributed by atoms with Crippen LogP contribution < -0.4 is 10.0 Å². The first kappa shape index (κ1) is 15.2. The van der Waals surface area contributed by atoms with Crippen molar-refractivity contribution < 1.29 is 13.2 Å². The number of aromatic nitrogens is 1. The van der Waals surface area contributed by atoms with Crippen LogP contribution in [0.15, 0.2) is 23.4 Å². The monoisotopic (exact) mass is 299 g/mol. The van der Waals surface area contributed by atoms with Crippen molar-refractivity contribution >= 4 is 15.7 Å². The molecule has 0 saturated carbocycles. The molecule has 0 bridgehead atoms. The molecule has 6 nitrogen and oxygen atoms in total. The number of hydrogen-bond donors (Lipinski definition) is 2. The molecule has 1 aliphatic heterocycles. The number of nitrogens with one attached hydrogen (secondary N) is 2. The largest absolute Gasteiger partial charge is 0.384 e. The summed E-state index contributed by atoms with van der Waals surface area (Å²) in [5.41, 5.74) is 0.585. The first-order valence-electron chi connectivity index (χ1n) is 6.88. The number of nitrogens with zero attached hydrogens (tertiary/aromatic N) is 1. The van der Waals surface area contributed by atoms with Gasteiger partial charge in [0.05, 0.1) is 5.69 Å². The van der Waals surface area contributed by atoms with Crippen molar-refractivity contribution in [2.75, 3.05) is 31.6 Å². The van der Waals surface area contributed by atoms with Crippen LogP contribution in [0.4, 0.5) is 5.69 Å². The predicted molar refractivity (Wildman–Crippen MR) is 77.1 cm³/mol. The molecule has 0 aliphatic carbocycles. The third-order valence-electron chi connectivity index (χ3n) is 3.34. The highest BCUT2D eigenvalue weighted by atomic mass is 32.2. The number of sulfonamides is 1. The second-order valence-corrected chi connectivity index (χ2v) is 6.55. The summed E-state index contributed by atoms with van der Waals surface area (Å²) in [4.78, 5) is 4.11. The molecule has 0 atom stereocenters. The van der Waals surface area contributed by atoms with Gasteiger partial charge in [0.1, 0.15) is 4.90 Å². The Kier molecular flexibility index (Phi) is 5.33. The fourth-order valence-electron chi connectivity index (χ4n) is 2.19. The quantitative estimate of drug-likeness (QED) is 0.825. The van der Waals surface area contributed by atoms with Gasteiger partial charge in [0, 0.05) is 38.7 Å². The van der Waals surface area contributed by atoms with Gasteiger partial charge in [-0.1, -0.05) is 0 Å². The van der Waals surface area contributed by atoms with E-state index in [1.54, 1.807) is 12.3 Å². The van der Waals surface area contributed by atoms with E-state index in [4.69, 9.17) is 4.74 Å². The molecule has 7 heteroatoms. The summed E-state index contributed by atoms with van der Waals surface area (Å²) in [5.74, 6) is 0.345. The zero-order valence-electron chi connectivity index (χ0n) is 11.6. The Labute approximate surface area is 120 Å². The molecular weight excluding hydrogens is 278 g/mol. The van der Waals surface area contributed by atoms with E-state index in [1.807, 2.05) is 6.92 Å². The van der Waals surface area contributed by atoms with Crippen LogP contribution in [0.1, 0.15) is 19.8 Å². The number of anilines is 1. The van der Waals surface area contributed by atoms with Crippen molar-refractivity contribution in [3.8, 4) is 0 Å². The Morgan fingerprint density at radius 2 is 2.15 bits per heavy atom. The molecule has 0 radical (unpaired) electrons. The van der Waals surface area contributed by atoms with Crippen molar-refractivity contribution in [1.82, 2.24) is 9.71 Å². The lowest BCUT2D eigenvalue weighted by Crippen LogP contribution is -2.32. The van der Waals surface area contributed by atoms with Gasteiger partial charge in [-0.05, 0) is 31.7 Å².